The molecule has 0 atom stereocenters. The van der Waals surface area contributed by atoms with E-state index in [4.69, 9.17) is 18.9 Å². The van der Waals surface area contributed by atoms with Crippen LogP contribution in [0.1, 0.15) is 97.9 Å². The van der Waals surface area contributed by atoms with Gasteiger partial charge in [-0.05, 0) is 141 Å². The minimum absolute atomic E-state index is 0.627. The summed E-state index contributed by atoms with van der Waals surface area (Å²) < 4.78 is 27.0. The molecule has 0 amide bonds. The summed E-state index contributed by atoms with van der Waals surface area (Å²) in [6.45, 7) is 11.2. The molecule has 6 heteroatoms. The molecule has 0 radical (unpaired) electrons. The van der Waals surface area contributed by atoms with Gasteiger partial charge in [0.25, 0.3) is 0 Å². The van der Waals surface area contributed by atoms with Crippen molar-refractivity contribution in [1.82, 2.24) is 9.97 Å². The molecule has 288 valence electrons. The smallest absolute Gasteiger partial charge is 0.126 e. The molecule has 6 nitrogen and oxygen atoms in total. The van der Waals surface area contributed by atoms with Crippen LogP contribution in [-0.2, 0) is 25.7 Å². The summed E-state index contributed by atoms with van der Waals surface area (Å²) >= 11 is 0. The number of benzene rings is 4. The normalized spacial score (nSPS) is 12.2. The lowest BCUT2D eigenvalue weighted by molar-refractivity contribution is 0.304. The first-order chi connectivity index (χ1) is 27.6. The van der Waals surface area contributed by atoms with Crippen LogP contribution >= 0.6 is 0 Å². The lowest BCUT2D eigenvalue weighted by Gasteiger charge is -2.24. The summed E-state index contributed by atoms with van der Waals surface area (Å²) in [7, 11) is 0. The Morgan fingerprint density at radius 1 is 0.357 bits per heavy atom. The van der Waals surface area contributed by atoms with Crippen LogP contribution in [0.15, 0.2) is 110 Å². The fourth-order valence-electron chi connectivity index (χ4n) is 7.67. The van der Waals surface area contributed by atoms with Gasteiger partial charge >= 0.3 is 0 Å². The average Bonchev–Trinajstić information content (AvgIpc) is 3.23. The summed E-state index contributed by atoms with van der Waals surface area (Å²) in [5.74, 6) is 3.77. The molecule has 0 aliphatic heterocycles. The second kappa shape index (κ2) is 18.8. The van der Waals surface area contributed by atoms with E-state index in [-0.39, 0.29) is 0 Å². The van der Waals surface area contributed by atoms with Crippen LogP contribution in [0, 0.1) is 0 Å². The molecule has 2 aromatic heterocycles. The zero-order valence-corrected chi connectivity index (χ0v) is 33.4. The number of para-hydroxylation sites is 2. The highest BCUT2D eigenvalue weighted by atomic mass is 16.5. The Morgan fingerprint density at radius 3 is 0.893 bits per heavy atom. The lowest BCUT2D eigenvalue weighted by atomic mass is 9.88. The van der Waals surface area contributed by atoms with Crippen molar-refractivity contribution in [2.24, 2.45) is 0 Å². The van der Waals surface area contributed by atoms with Crippen molar-refractivity contribution in [2.75, 3.05) is 26.4 Å². The third kappa shape index (κ3) is 8.91. The van der Waals surface area contributed by atoms with Crippen molar-refractivity contribution in [3.05, 3.63) is 154 Å². The molecule has 4 aromatic carbocycles. The largest absolute Gasteiger partial charge is 0.493 e. The molecule has 56 heavy (non-hydrogen) atoms. The minimum Gasteiger partial charge on any atom is -0.493 e. The first-order valence-corrected chi connectivity index (χ1v) is 20.4. The second-order valence-electron chi connectivity index (χ2n) is 14.6. The maximum absolute atomic E-state index is 6.77. The predicted octanol–water partition coefficient (Wildman–Crippen LogP) is 11.6. The van der Waals surface area contributed by atoms with Crippen LogP contribution in [0.4, 0.5) is 0 Å². The minimum atomic E-state index is 0.627. The van der Waals surface area contributed by atoms with Gasteiger partial charge in [0.1, 0.15) is 23.0 Å². The zero-order chi connectivity index (χ0) is 38.7. The molecular formula is C50H54N2O4. The molecule has 0 spiro atoms. The number of aromatic nitrogens is 2. The van der Waals surface area contributed by atoms with Crippen molar-refractivity contribution in [3.63, 3.8) is 0 Å². The number of hydrogen-bond acceptors (Lipinski definition) is 6. The SMILES string of the molecule is CCCOc1c2cccc1Cc1cc(-c3ccncc3)cc(c1OCCC)Cc1cccc(c1OCCC)Cc1cc(-c3ccncc3)cc(c1OCCC)C2. The number of pyridine rings is 2. The Kier molecular flexibility index (Phi) is 13.0. The van der Waals surface area contributed by atoms with Gasteiger partial charge in [0.15, 0.2) is 0 Å². The number of rotatable bonds is 14. The maximum atomic E-state index is 6.77. The van der Waals surface area contributed by atoms with E-state index in [9.17, 15) is 0 Å². The number of hydrogen-bond donors (Lipinski definition) is 0. The van der Waals surface area contributed by atoms with Crippen molar-refractivity contribution < 1.29 is 18.9 Å². The van der Waals surface area contributed by atoms with E-state index in [0.29, 0.717) is 52.1 Å². The van der Waals surface area contributed by atoms with Gasteiger partial charge in [0.05, 0.1) is 26.4 Å². The lowest BCUT2D eigenvalue weighted by Crippen LogP contribution is -2.10. The van der Waals surface area contributed by atoms with E-state index in [0.717, 1.165) is 115 Å². The van der Waals surface area contributed by atoms with Crippen LogP contribution in [0.5, 0.6) is 23.0 Å². The Hall–Kier alpha value is -5.62. The van der Waals surface area contributed by atoms with E-state index >= 15 is 0 Å². The second-order valence-corrected chi connectivity index (χ2v) is 14.6. The van der Waals surface area contributed by atoms with E-state index < -0.39 is 0 Å². The quantitative estimate of drug-likeness (QED) is 0.110. The van der Waals surface area contributed by atoms with Crippen molar-refractivity contribution in [1.29, 1.82) is 0 Å². The monoisotopic (exact) mass is 746 g/mol. The van der Waals surface area contributed by atoms with Crippen LogP contribution < -0.4 is 18.9 Å². The van der Waals surface area contributed by atoms with Gasteiger partial charge in [-0.1, -0.05) is 64.1 Å². The van der Waals surface area contributed by atoms with Crippen LogP contribution in [0.3, 0.4) is 0 Å². The van der Waals surface area contributed by atoms with Gasteiger partial charge in [0.2, 0.25) is 0 Å². The molecule has 0 saturated heterocycles. The van der Waals surface area contributed by atoms with Gasteiger partial charge in [-0.25, -0.2) is 0 Å². The molecule has 0 unspecified atom stereocenters. The van der Waals surface area contributed by atoms with Crippen molar-refractivity contribution in [3.8, 4) is 45.3 Å². The summed E-state index contributed by atoms with van der Waals surface area (Å²) in [6, 6.07) is 30.8. The van der Waals surface area contributed by atoms with E-state index in [1.165, 1.54) is 0 Å². The molecule has 2 heterocycles. The van der Waals surface area contributed by atoms with Gasteiger partial charge < -0.3 is 18.9 Å². The predicted molar refractivity (Wildman–Crippen MR) is 227 cm³/mol. The van der Waals surface area contributed by atoms with Gasteiger partial charge in [0, 0.05) is 50.5 Å². The van der Waals surface area contributed by atoms with Crippen molar-refractivity contribution >= 4 is 0 Å². The first-order valence-electron chi connectivity index (χ1n) is 20.4. The number of nitrogens with zero attached hydrogens (tertiary/aromatic N) is 2. The van der Waals surface area contributed by atoms with Crippen LogP contribution in [0.25, 0.3) is 22.3 Å². The van der Waals surface area contributed by atoms with Gasteiger partial charge in [-0.2, -0.15) is 0 Å². The van der Waals surface area contributed by atoms with Crippen molar-refractivity contribution in [2.45, 2.75) is 79.1 Å². The zero-order valence-electron chi connectivity index (χ0n) is 33.4. The molecule has 7 rings (SSSR count). The fraction of sp³-hybridized carbons (Fsp3) is 0.320. The molecule has 6 aromatic rings. The van der Waals surface area contributed by atoms with Crippen LogP contribution in [0.2, 0.25) is 0 Å². The highest BCUT2D eigenvalue weighted by Gasteiger charge is 2.23. The highest BCUT2D eigenvalue weighted by molar-refractivity contribution is 5.70. The Balaban J connectivity index is 1.52. The Labute approximate surface area is 332 Å². The molecule has 0 N–H and O–H groups in total. The summed E-state index contributed by atoms with van der Waals surface area (Å²) in [5, 5.41) is 0. The first kappa shape index (κ1) is 38.6. The molecule has 8 bridgehead atoms. The van der Waals surface area contributed by atoms with Gasteiger partial charge in [-0.3, -0.25) is 9.97 Å². The standard InChI is InChI=1S/C50H54N2O4/c1-5-23-53-47-37-11-9-12-38(47)28-44-32-42(36-17-21-52-22-18-36)34-46(50(44)56-26-8-4)30-40-14-10-13-39(48(40)54-24-6-2)29-45-33-41(35-15-19-51-20-16-35)31-43(27-37)49(45)55-25-7-3/h9-22,31-34H,5-8,23-30H2,1-4H3. The van der Waals surface area contributed by atoms with E-state index in [1.807, 2.05) is 24.8 Å². The molecular weight excluding hydrogens is 693 g/mol. The molecule has 1 aliphatic carbocycles. The topological polar surface area (TPSA) is 62.7 Å². The molecule has 0 saturated carbocycles. The number of ether oxygens (including phenoxy) is 4. The summed E-state index contributed by atoms with van der Waals surface area (Å²) in [4.78, 5) is 8.65. The van der Waals surface area contributed by atoms with E-state index in [1.54, 1.807) is 0 Å². The Morgan fingerprint density at radius 2 is 0.625 bits per heavy atom. The molecule has 0 fully saturated rings. The third-order valence-corrected chi connectivity index (χ3v) is 10.2. The maximum Gasteiger partial charge on any atom is 0.126 e. The molecule has 1 aliphatic rings. The third-order valence-electron chi connectivity index (χ3n) is 10.2. The number of fused-ring (bicyclic) bond motifs is 8. The average molecular weight is 747 g/mol. The van der Waals surface area contributed by atoms with Gasteiger partial charge in [-0.15, -0.1) is 0 Å². The van der Waals surface area contributed by atoms with Crippen LogP contribution in [-0.4, -0.2) is 36.4 Å². The highest BCUT2D eigenvalue weighted by Crippen LogP contribution is 2.42. The summed E-state index contributed by atoms with van der Waals surface area (Å²) in [5.41, 5.74) is 13.6. The summed E-state index contributed by atoms with van der Waals surface area (Å²) in [6.07, 6.45) is 13.7. The fourth-order valence-corrected chi connectivity index (χ4v) is 7.67. The Bertz CT molecular complexity index is 1970. The van der Waals surface area contributed by atoms with E-state index in [2.05, 4.69) is 123 Å².